The molecule has 1 amide bonds. The SMILES string of the molecule is Cc1occc1-c1nnc(SCC(=O)N(C(C)C)C(C)C)o1. The van der Waals surface area contributed by atoms with Crippen molar-refractivity contribution in [3.8, 4) is 11.5 Å². The second-order valence-corrected chi connectivity index (χ2v) is 6.47. The maximum atomic E-state index is 12.3. The smallest absolute Gasteiger partial charge is 0.277 e. The molecule has 0 unspecified atom stereocenters. The minimum absolute atomic E-state index is 0.0641. The molecule has 120 valence electrons. The normalized spacial score (nSPS) is 11.4. The standard InChI is InChI=1S/C15H21N3O3S/c1-9(2)18(10(3)4)13(19)8-22-15-17-16-14(21-15)12-6-7-20-11(12)5/h6-7,9-10H,8H2,1-5H3. The fourth-order valence-corrected chi connectivity index (χ4v) is 2.99. The van der Waals surface area contributed by atoms with Crippen LogP contribution in [0.25, 0.3) is 11.5 Å². The number of hydrogen-bond donors (Lipinski definition) is 0. The molecule has 2 heterocycles. The van der Waals surface area contributed by atoms with Gasteiger partial charge in [-0.2, -0.15) is 0 Å². The Hall–Kier alpha value is -1.76. The number of aryl methyl sites for hydroxylation is 1. The van der Waals surface area contributed by atoms with E-state index in [2.05, 4.69) is 10.2 Å². The highest BCUT2D eigenvalue weighted by Gasteiger charge is 2.21. The van der Waals surface area contributed by atoms with E-state index in [0.717, 1.165) is 11.3 Å². The molecule has 22 heavy (non-hydrogen) atoms. The zero-order chi connectivity index (χ0) is 16.3. The summed E-state index contributed by atoms with van der Waals surface area (Å²) in [6.45, 7) is 9.87. The summed E-state index contributed by atoms with van der Waals surface area (Å²) >= 11 is 1.25. The van der Waals surface area contributed by atoms with Crippen LogP contribution in [0.3, 0.4) is 0 Å². The summed E-state index contributed by atoms with van der Waals surface area (Å²) in [7, 11) is 0. The Morgan fingerprint density at radius 2 is 1.95 bits per heavy atom. The Balaban J connectivity index is 1.99. The summed E-state index contributed by atoms with van der Waals surface area (Å²) in [5.74, 6) is 1.48. The molecule has 7 heteroatoms. The first-order valence-electron chi connectivity index (χ1n) is 7.22. The van der Waals surface area contributed by atoms with Gasteiger partial charge in [0.05, 0.1) is 17.6 Å². The number of rotatable bonds is 6. The average Bonchev–Trinajstić information content (AvgIpc) is 3.03. The van der Waals surface area contributed by atoms with Gasteiger partial charge >= 0.3 is 0 Å². The molecule has 0 radical (unpaired) electrons. The number of carbonyl (C=O) groups excluding carboxylic acids is 1. The zero-order valence-corrected chi connectivity index (χ0v) is 14.3. The Kier molecular flexibility index (Phi) is 5.28. The van der Waals surface area contributed by atoms with E-state index in [9.17, 15) is 4.79 Å². The molecule has 0 bridgehead atoms. The summed E-state index contributed by atoms with van der Waals surface area (Å²) < 4.78 is 10.8. The van der Waals surface area contributed by atoms with Crippen LogP contribution >= 0.6 is 11.8 Å². The minimum atomic E-state index is 0.0641. The van der Waals surface area contributed by atoms with Crippen molar-refractivity contribution in [3.05, 3.63) is 18.1 Å². The summed E-state index contributed by atoms with van der Waals surface area (Å²) in [6, 6.07) is 2.11. The fraction of sp³-hybridized carbons (Fsp3) is 0.533. The Morgan fingerprint density at radius 1 is 1.27 bits per heavy atom. The van der Waals surface area contributed by atoms with Crippen LogP contribution in [0.1, 0.15) is 33.5 Å². The lowest BCUT2D eigenvalue weighted by molar-refractivity contribution is -0.131. The first kappa shape index (κ1) is 16.6. The van der Waals surface area contributed by atoms with Gasteiger partial charge in [-0.3, -0.25) is 4.79 Å². The molecule has 2 rings (SSSR count). The topological polar surface area (TPSA) is 72.4 Å². The molecule has 0 aliphatic rings. The molecular weight excluding hydrogens is 302 g/mol. The molecule has 0 saturated heterocycles. The monoisotopic (exact) mass is 323 g/mol. The third-order valence-corrected chi connectivity index (χ3v) is 4.02. The van der Waals surface area contributed by atoms with E-state index in [1.54, 1.807) is 12.3 Å². The number of aromatic nitrogens is 2. The molecule has 0 aliphatic heterocycles. The van der Waals surface area contributed by atoms with Crippen molar-refractivity contribution in [3.63, 3.8) is 0 Å². The van der Waals surface area contributed by atoms with Crippen LogP contribution in [0.4, 0.5) is 0 Å². The van der Waals surface area contributed by atoms with Gasteiger partial charge in [0.1, 0.15) is 5.76 Å². The molecule has 0 aromatic carbocycles. The van der Waals surface area contributed by atoms with E-state index in [1.807, 2.05) is 39.5 Å². The third-order valence-electron chi connectivity index (χ3n) is 3.22. The number of amides is 1. The summed E-state index contributed by atoms with van der Waals surface area (Å²) in [5, 5.41) is 8.34. The Morgan fingerprint density at radius 3 is 2.50 bits per heavy atom. The van der Waals surface area contributed by atoms with E-state index in [0.29, 0.717) is 11.1 Å². The van der Waals surface area contributed by atoms with Crippen molar-refractivity contribution < 1.29 is 13.6 Å². The molecule has 0 N–H and O–H groups in total. The third kappa shape index (κ3) is 3.71. The van der Waals surface area contributed by atoms with E-state index in [4.69, 9.17) is 8.83 Å². The maximum absolute atomic E-state index is 12.3. The molecule has 0 atom stereocenters. The van der Waals surface area contributed by atoms with Crippen LogP contribution in [0.5, 0.6) is 0 Å². The predicted molar refractivity (Wildman–Crippen MR) is 84.6 cm³/mol. The van der Waals surface area contributed by atoms with Crippen LogP contribution in [0.2, 0.25) is 0 Å². The Labute approximate surface area is 134 Å². The van der Waals surface area contributed by atoms with Gasteiger partial charge in [-0.1, -0.05) is 11.8 Å². The number of hydrogen-bond acceptors (Lipinski definition) is 6. The molecule has 2 aromatic heterocycles. The highest BCUT2D eigenvalue weighted by atomic mass is 32.2. The first-order valence-corrected chi connectivity index (χ1v) is 8.20. The number of furan rings is 1. The molecule has 0 spiro atoms. The number of nitrogens with zero attached hydrogens (tertiary/aromatic N) is 3. The highest BCUT2D eigenvalue weighted by molar-refractivity contribution is 7.99. The van der Waals surface area contributed by atoms with Gasteiger partial charge < -0.3 is 13.7 Å². The van der Waals surface area contributed by atoms with Crippen molar-refractivity contribution in [2.75, 3.05) is 5.75 Å². The lowest BCUT2D eigenvalue weighted by Gasteiger charge is -2.30. The van der Waals surface area contributed by atoms with Crippen LogP contribution in [-0.2, 0) is 4.79 Å². The van der Waals surface area contributed by atoms with E-state index in [1.165, 1.54) is 11.8 Å². The van der Waals surface area contributed by atoms with Crippen molar-refractivity contribution in [1.82, 2.24) is 15.1 Å². The lowest BCUT2D eigenvalue weighted by Crippen LogP contribution is -2.43. The van der Waals surface area contributed by atoms with Gasteiger partial charge in [0.25, 0.3) is 11.1 Å². The number of carbonyl (C=O) groups is 1. The van der Waals surface area contributed by atoms with Gasteiger partial charge in [-0.15, -0.1) is 10.2 Å². The quantitative estimate of drug-likeness (QED) is 0.759. The lowest BCUT2D eigenvalue weighted by atomic mass is 10.2. The van der Waals surface area contributed by atoms with Crippen LogP contribution < -0.4 is 0 Å². The molecule has 0 aliphatic carbocycles. The summed E-state index contributed by atoms with van der Waals surface area (Å²) in [5.41, 5.74) is 0.775. The fourth-order valence-electron chi connectivity index (χ4n) is 2.35. The van der Waals surface area contributed by atoms with Gasteiger partial charge in [0, 0.05) is 12.1 Å². The van der Waals surface area contributed by atoms with E-state index < -0.39 is 0 Å². The van der Waals surface area contributed by atoms with Crippen LogP contribution in [0, 0.1) is 6.92 Å². The van der Waals surface area contributed by atoms with Crippen LogP contribution in [-0.4, -0.2) is 38.8 Å². The largest absolute Gasteiger partial charge is 0.469 e. The Bertz CT molecular complexity index is 626. The zero-order valence-electron chi connectivity index (χ0n) is 13.5. The highest BCUT2D eigenvalue weighted by Crippen LogP contribution is 2.26. The van der Waals surface area contributed by atoms with Gasteiger partial charge in [0.15, 0.2) is 0 Å². The first-order chi connectivity index (χ1) is 10.4. The van der Waals surface area contributed by atoms with Gasteiger partial charge in [-0.25, -0.2) is 0 Å². The van der Waals surface area contributed by atoms with E-state index >= 15 is 0 Å². The van der Waals surface area contributed by atoms with Crippen molar-refractivity contribution in [2.24, 2.45) is 0 Å². The number of thioether (sulfide) groups is 1. The van der Waals surface area contributed by atoms with Crippen molar-refractivity contribution in [1.29, 1.82) is 0 Å². The molecule has 0 saturated carbocycles. The van der Waals surface area contributed by atoms with Gasteiger partial charge in [-0.05, 0) is 40.7 Å². The second-order valence-electron chi connectivity index (χ2n) is 5.54. The second kappa shape index (κ2) is 7.00. The summed E-state index contributed by atoms with van der Waals surface area (Å²) in [6.07, 6.45) is 1.58. The molecule has 2 aromatic rings. The van der Waals surface area contributed by atoms with E-state index in [-0.39, 0.29) is 23.7 Å². The average molecular weight is 323 g/mol. The summed E-state index contributed by atoms with van der Waals surface area (Å²) in [4.78, 5) is 14.1. The van der Waals surface area contributed by atoms with Crippen molar-refractivity contribution in [2.45, 2.75) is 51.9 Å². The van der Waals surface area contributed by atoms with Gasteiger partial charge in [0.2, 0.25) is 5.91 Å². The molecule has 6 nitrogen and oxygen atoms in total. The maximum Gasteiger partial charge on any atom is 0.277 e. The predicted octanol–water partition coefficient (Wildman–Crippen LogP) is 3.38. The van der Waals surface area contributed by atoms with Crippen molar-refractivity contribution >= 4 is 17.7 Å². The molecular formula is C15H21N3O3S. The molecule has 0 fully saturated rings. The van der Waals surface area contributed by atoms with Crippen LogP contribution in [0.15, 0.2) is 26.4 Å². The minimum Gasteiger partial charge on any atom is -0.469 e.